The van der Waals surface area contributed by atoms with Crippen molar-refractivity contribution in [3.63, 3.8) is 0 Å². The average molecular weight is 1230 g/mol. The molecule has 10 saturated heterocycles. The minimum absolute atomic E-state index is 0.605. The topological polar surface area (TPSA) is 0 Å². The van der Waals surface area contributed by atoms with Crippen LogP contribution in [0, 0.1) is 0 Å². The van der Waals surface area contributed by atoms with E-state index in [1.54, 1.807) is 22.3 Å². The van der Waals surface area contributed by atoms with Crippen molar-refractivity contribution in [1.82, 2.24) is 0 Å². The van der Waals surface area contributed by atoms with Gasteiger partial charge >= 0.3 is 520 Å². The van der Waals surface area contributed by atoms with Gasteiger partial charge in [0.05, 0.1) is 0 Å². The number of benzene rings is 4. The molecular formula is C82H124FeP2. The monoisotopic (exact) mass is 1230 g/mol. The van der Waals surface area contributed by atoms with Crippen LogP contribution in [-0.4, -0.2) is 8.11 Å². The van der Waals surface area contributed by atoms with E-state index < -0.39 is 22.4 Å². The van der Waals surface area contributed by atoms with Gasteiger partial charge in [-0.3, -0.25) is 0 Å². The molecule has 4 atom stereocenters. The van der Waals surface area contributed by atoms with Crippen molar-refractivity contribution >= 4 is 37.1 Å². The van der Waals surface area contributed by atoms with Crippen LogP contribution >= 0.6 is 15.8 Å². The van der Waals surface area contributed by atoms with Crippen LogP contribution in [0.3, 0.4) is 0 Å². The molecule has 85 heavy (non-hydrogen) atoms. The Hall–Kier alpha value is -1.74. The molecule has 4 unspecified atom stereocenters. The van der Waals surface area contributed by atoms with E-state index in [4.69, 9.17) is 0 Å². The zero-order valence-electron chi connectivity index (χ0n) is 56.9. The molecule has 0 nitrogen and oxygen atoms in total. The van der Waals surface area contributed by atoms with Crippen LogP contribution in [0.5, 0.6) is 0 Å². The Morgan fingerprint density at radius 3 is 0.612 bits per heavy atom. The third-order valence-electron chi connectivity index (χ3n) is 31.8. The summed E-state index contributed by atoms with van der Waals surface area (Å²) in [6, 6.07) is 23.6. The van der Waals surface area contributed by atoms with Gasteiger partial charge in [-0.05, 0) is 0 Å². The van der Waals surface area contributed by atoms with Crippen molar-refractivity contribution in [2.45, 2.75) is 361 Å². The third-order valence-corrected chi connectivity index (χ3v) is 89.0. The second-order valence-corrected chi connectivity index (χ2v) is 61.1. The Kier molecular flexibility index (Phi) is 12.4. The molecule has 0 amide bonds. The van der Waals surface area contributed by atoms with Gasteiger partial charge in [0.1, 0.15) is 0 Å². The van der Waals surface area contributed by atoms with E-state index in [1.807, 2.05) is 65.7 Å². The summed E-state index contributed by atoms with van der Waals surface area (Å²) in [6.07, 6.45) is 47.3. The fourth-order valence-corrected chi connectivity index (χ4v) is 136. The Morgan fingerprint density at radius 1 is 0.247 bits per heavy atom. The van der Waals surface area contributed by atoms with Crippen molar-refractivity contribution in [1.29, 1.82) is 0 Å². The predicted molar refractivity (Wildman–Crippen MR) is 377 cm³/mol. The molecule has 3 heteroatoms. The number of rotatable bonds is 42. The van der Waals surface area contributed by atoms with Crippen molar-refractivity contribution in [3.05, 3.63) is 115 Å². The Bertz CT molecular complexity index is 3100. The van der Waals surface area contributed by atoms with Crippen LogP contribution in [0.15, 0.2) is 48.5 Å². The van der Waals surface area contributed by atoms with Gasteiger partial charge in [-0.25, -0.2) is 0 Å². The second kappa shape index (κ2) is 17.3. The van der Waals surface area contributed by atoms with Crippen molar-refractivity contribution < 1.29 is 6.51 Å². The van der Waals surface area contributed by atoms with Gasteiger partial charge in [0, 0.05) is 0 Å². The maximum atomic E-state index is 3.02. The van der Waals surface area contributed by atoms with Gasteiger partial charge in [-0.15, -0.1) is 0 Å². The van der Waals surface area contributed by atoms with E-state index in [9.17, 15) is 0 Å². The quantitative estimate of drug-likeness (QED) is 0.0306. The first-order valence-corrected chi connectivity index (χ1v) is 46.7. The third kappa shape index (κ3) is 3.89. The van der Waals surface area contributed by atoms with Crippen molar-refractivity contribution in [2.24, 2.45) is 0 Å². The van der Waals surface area contributed by atoms with E-state index in [0.29, 0.717) is 8.11 Å². The first kappa shape index (κ1) is 60.8. The van der Waals surface area contributed by atoms with E-state index in [2.05, 4.69) is 132 Å². The summed E-state index contributed by atoms with van der Waals surface area (Å²) in [5, 5.41) is 8.08. The van der Waals surface area contributed by atoms with Gasteiger partial charge in [0.2, 0.25) is 0 Å². The Morgan fingerprint density at radius 2 is 0.435 bits per heavy atom. The second-order valence-electron chi connectivity index (χ2n) is 32.4. The predicted octanol–water partition coefficient (Wildman–Crippen LogP) is 23.6. The molecule has 14 rings (SSSR count). The molecule has 1 spiro atoms. The van der Waals surface area contributed by atoms with E-state index in [-0.39, 0.29) is 0 Å². The Labute approximate surface area is 516 Å². The number of aryl methyl sites for hydroxylation is 4. The fraction of sp³-hybridized carbons (Fsp3) is 0.707. The fourth-order valence-electron chi connectivity index (χ4n) is 29.9. The van der Waals surface area contributed by atoms with E-state index in [1.165, 1.54) is 270 Å². The molecule has 0 aliphatic carbocycles. The molecule has 10 aliphatic rings. The number of hydrogen-bond donors (Lipinski definition) is 0. The Balaban J connectivity index is 1.12. The normalized spacial score (nSPS) is 34.4. The van der Waals surface area contributed by atoms with Crippen molar-refractivity contribution in [2.75, 3.05) is 0 Å². The van der Waals surface area contributed by atoms with Gasteiger partial charge < -0.3 is 0 Å². The minimum atomic E-state index is -4.63. The number of fused-ring (bicyclic) bond motifs is 10. The van der Waals surface area contributed by atoms with Crippen LogP contribution < -0.4 is 21.2 Å². The summed E-state index contributed by atoms with van der Waals surface area (Å²) in [5.41, 5.74) is 22.4. The van der Waals surface area contributed by atoms with E-state index >= 15 is 0 Å². The molecule has 0 N–H and O–H groups in total. The molecule has 0 aromatic heterocycles. The zero-order chi connectivity index (χ0) is 59.4. The summed E-state index contributed by atoms with van der Waals surface area (Å²) in [5.74, 6) is 0. The van der Waals surface area contributed by atoms with Gasteiger partial charge in [0.15, 0.2) is 0 Å². The standard InChI is InChI=1S/C77H119P2.C5H5.Fe/c1-13-25-38-60-52-56-72(68(46-33-21-9)64(60)42-29-17-5)78(73-57-53-61(39-26-14-2)65(43-30-18-6)69(73)47-34-22-10)76-50-37-51-77(76)79(74-58-54-62(40-27-15-3)66(44-31-19-7)70(74)48-35-23-11)75-59-55-63(41-28-16-4)67(45-32-20-8)71(75)49-36-24-12;1-2-4-5-3-1;/h37,50-59H,13-36,38-49H2,1-12H3;1-5H;. The van der Waals surface area contributed by atoms with Gasteiger partial charge in [-0.1, -0.05) is 0 Å². The number of unbranched alkanes of at least 4 members (excludes halogenated alkanes) is 12. The van der Waals surface area contributed by atoms with Crippen LogP contribution in [0.1, 0.15) is 304 Å². The van der Waals surface area contributed by atoms with Crippen LogP contribution in [0.25, 0.3) is 0 Å². The molecule has 470 valence electrons. The molecule has 0 saturated carbocycles. The molecule has 0 radical (unpaired) electrons. The zero-order valence-corrected chi connectivity index (χ0v) is 59.8. The van der Waals surface area contributed by atoms with Crippen molar-refractivity contribution in [3.8, 4) is 0 Å². The summed E-state index contributed by atoms with van der Waals surface area (Å²) in [4.78, 5) is 9.74. The van der Waals surface area contributed by atoms with Crippen LogP contribution in [0.2, 0.25) is 38.5 Å². The summed E-state index contributed by atoms with van der Waals surface area (Å²) < 4.78 is 1.21. The molecule has 0 bridgehead atoms. The summed E-state index contributed by atoms with van der Waals surface area (Å²) >= 11 is 0. The summed E-state index contributed by atoms with van der Waals surface area (Å²) in [7, 11) is -1.21. The van der Waals surface area contributed by atoms with E-state index in [0.717, 1.165) is 0 Å². The van der Waals surface area contributed by atoms with Crippen LogP contribution in [-0.2, 0) is 83.6 Å². The molecule has 10 fully saturated rings. The molecule has 4 aromatic rings. The first-order chi connectivity index (χ1) is 41.5. The van der Waals surface area contributed by atoms with Gasteiger partial charge in [-0.2, -0.15) is 0 Å². The van der Waals surface area contributed by atoms with Crippen LogP contribution in [0.4, 0.5) is 0 Å². The molecular weight excluding hydrogens is 1100 g/mol. The molecule has 10 heterocycles. The van der Waals surface area contributed by atoms with Gasteiger partial charge in [0.25, 0.3) is 0 Å². The molecule has 4 aromatic carbocycles. The first-order valence-electron chi connectivity index (χ1n) is 37.9. The SMILES string of the molecule is CCCCc1ccc(P(c2ccc(CCCC)c(CCCC)c2CCCC)[C]23[CH]4[CH]5[CH]6[C]2(P(c2ccc(CCCC)c(CCCC)c2CCCC)c2ccc(CCCC)c(CCCC)c2CCCC)[Fe]54632789[CH]3[CH]2[CH]7[CH]8[CH]39)c(CCCC)c1CCCC. The average Bonchev–Trinajstić information content (AvgIpc) is 1.03. The summed E-state index contributed by atoms with van der Waals surface area (Å²) in [6.45, 7) is 25.2. The molecule has 10 aliphatic heterocycles. The number of hydrogen-bond acceptors (Lipinski definition) is 0. The maximum absolute atomic E-state index is 4.63.